The van der Waals surface area contributed by atoms with Gasteiger partial charge in [-0.15, -0.1) is 11.8 Å². The zero-order chi connectivity index (χ0) is 22.5. The van der Waals surface area contributed by atoms with Crippen molar-refractivity contribution in [2.24, 2.45) is 0 Å². The number of thioether (sulfide) groups is 1. The second-order valence-electron chi connectivity index (χ2n) is 7.89. The fourth-order valence-electron chi connectivity index (χ4n) is 4.09. The van der Waals surface area contributed by atoms with Crippen LogP contribution in [-0.2, 0) is 11.3 Å². The molecule has 0 radical (unpaired) electrons. The number of fused-ring (bicyclic) bond motifs is 1. The number of carbonyl (C=O) groups excluding carboxylic acids is 2. The van der Waals surface area contributed by atoms with Gasteiger partial charge in [-0.05, 0) is 31.0 Å². The summed E-state index contributed by atoms with van der Waals surface area (Å²) < 4.78 is 29.6. The lowest BCUT2D eigenvalue weighted by atomic mass is 10.2. The Balaban J connectivity index is 1.39. The molecule has 1 fully saturated rings. The topological polar surface area (TPSA) is 63.1 Å². The Morgan fingerprint density at radius 3 is 2.50 bits per heavy atom. The highest BCUT2D eigenvalue weighted by Gasteiger charge is 2.19. The van der Waals surface area contributed by atoms with E-state index in [2.05, 4.69) is 10.6 Å². The third-order valence-electron chi connectivity index (χ3n) is 5.66. The Bertz CT molecular complexity index is 1110. The average molecular weight is 458 g/mol. The molecule has 0 unspecified atom stereocenters. The number of nitrogens with zero attached hydrogens (tertiary/aromatic N) is 1. The lowest BCUT2D eigenvalue weighted by Gasteiger charge is -2.11. The van der Waals surface area contributed by atoms with Gasteiger partial charge in [0.05, 0.1) is 5.75 Å². The molecule has 0 bridgehead atoms. The zero-order valence-corrected chi connectivity index (χ0v) is 18.4. The highest BCUT2D eigenvalue weighted by Crippen LogP contribution is 2.30. The number of aromatic nitrogens is 1. The smallest absolute Gasteiger partial charge is 0.257 e. The van der Waals surface area contributed by atoms with E-state index in [0.717, 1.165) is 40.8 Å². The van der Waals surface area contributed by atoms with Crippen LogP contribution in [0.4, 0.5) is 8.78 Å². The Morgan fingerprint density at radius 1 is 1.03 bits per heavy atom. The summed E-state index contributed by atoms with van der Waals surface area (Å²) in [5, 5.41) is 6.71. The highest BCUT2D eigenvalue weighted by atomic mass is 32.2. The maximum Gasteiger partial charge on any atom is 0.257 e. The SMILES string of the molecule is O=C(CSc1cn(CCNC(=O)c2c(F)cccc2F)c2ccccc12)NC1CCCC1. The van der Waals surface area contributed by atoms with Gasteiger partial charge in [-0.2, -0.15) is 0 Å². The van der Waals surface area contributed by atoms with Crippen LogP contribution in [-0.4, -0.2) is 34.7 Å². The van der Waals surface area contributed by atoms with Gasteiger partial charge in [0.2, 0.25) is 5.91 Å². The van der Waals surface area contributed by atoms with Gasteiger partial charge in [-0.25, -0.2) is 8.78 Å². The first kappa shape index (κ1) is 22.3. The molecule has 4 rings (SSSR count). The number of rotatable bonds is 8. The van der Waals surface area contributed by atoms with E-state index in [-0.39, 0.29) is 12.5 Å². The number of nitrogens with one attached hydrogen (secondary N) is 2. The summed E-state index contributed by atoms with van der Waals surface area (Å²) in [6.45, 7) is 0.634. The molecule has 5 nitrogen and oxygen atoms in total. The third-order valence-corrected chi connectivity index (χ3v) is 6.70. The van der Waals surface area contributed by atoms with E-state index in [1.54, 1.807) is 0 Å². The van der Waals surface area contributed by atoms with Crippen molar-refractivity contribution in [1.82, 2.24) is 15.2 Å². The standard InChI is InChI=1S/C24H25F2N3O2S/c25-18-9-5-10-19(26)23(18)24(31)27-12-13-29-14-21(17-8-3-4-11-20(17)29)32-15-22(30)28-16-6-1-2-7-16/h3-5,8-11,14,16H,1-2,6-7,12-13,15H2,(H,27,31)(H,28,30). The molecule has 0 spiro atoms. The van der Waals surface area contributed by atoms with Crippen molar-refractivity contribution in [3.05, 3.63) is 65.9 Å². The minimum Gasteiger partial charge on any atom is -0.353 e. The Hall–Kier alpha value is -2.87. The monoisotopic (exact) mass is 457 g/mol. The molecule has 2 N–H and O–H groups in total. The largest absolute Gasteiger partial charge is 0.353 e. The van der Waals surface area contributed by atoms with Crippen LogP contribution in [0.5, 0.6) is 0 Å². The van der Waals surface area contributed by atoms with E-state index in [4.69, 9.17) is 0 Å². The molecule has 32 heavy (non-hydrogen) atoms. The molecular formula is C24H25F2N3O2S. The fraction of sp³-hybridized carbons (Fsp3) is 0.333. The molecular weight excluding hydrogens is 432 g/mol. The number of hydrogen-bond acceptors (Lipinski definition) is 3. The van der Waals surface area contributed by atoms with Gasteiger partial charge in [0.15, 0.2) is 0 Å². The number of para-hydroxylation sites is 1. The van der Waals surface area contributed by atoms with Crippen LogP contribution in [0.3, 0.4) is 0 Å². The van der Waals surface area contributed by atoms with Crippen molar-refractivity contribution >= 4 is 34.5 Å². The van der Waals surface area contributed by atoms with E-state index in [1.807, 2.05) is 35.0 Å². The molecule has 0 saturated heterocycles. The van der Waals surface area contributed by atoms with Crippen LogP contribution in [0.15, 0.2) is 53.6 Å². The Morgan fingerprint density at radius 2 is 1.75 bits per heavy atom. The van der Waals surface area contributed by atoms with Gasteiger partial charge < -0.3 is 15.2 Å². The number of hydrogen-bond donors (Lipinski definition) is 2. The molecule has 1 aromatic heterocycles. The fourth-order valence-corrected chi connectivity index (χ4v) is 4.99. The molecule has 1 aliphatic rings. The van der Waals surface area contributed by atoms with Crippen LogP contribution in [0.1, 0.15) is 36.0 Å². The van der Waals surface area contributed by atoms with Crippen LogP contribution in [0, 0.1) is 11.6 Å². The van der Waals surface area contributed by atoms with E-state index in [9.17, 15) is 18.4 Å². The van der Waals surface area contributed by atoms with Gasteiger partial charge in [-0.3, -0.25) is 9.59 Å². The predicted octanol–water partition coefficient (Wildman–Crippen LogP) is 4.50. The van der Waals surface area contributed by atoms with Gasteiger partial charge in [0, 0.05) is 41.1 Å². The highest BCUT2D eigenvalue weighted by molar-refractivity contribution is 8.00. The minimum absolute atomic E-state index is 0.0397. The maximum atomic E-state index is 13.8. The molecule has 8 heteroatoms. The van der Waals surface area contributed by atoms with Gasteiger partial charge >= 0.3 is 0 Å². The maximum absolute atomic E-state index is 13.8. The Labute approximate surface area is 189 Å². The van der Waals surface area contributed by atoms with Gasteiger partial charge in [0.1, 0.15) is 17.2 Å². The van der Waals surface area contributed by atoms with Crippen LogP contribution in [0.2, 0.25) is 0 Å². The van der Waals surface area contributed by atoms with E-state index < -0.39 is 23.1 Å². The van der Waals surface area contributed by atoms with Gasteiger partial charge in [0.25, 0.3) is 5.91 Å². The summed E-state index contributed by atoms with van der Waals surface area (Å²) in [4.78, 5) is 25.5. The molecule has 0 atom stereocenters. The lowest BCUT2D eigenvalue weighted by Crippen LogP contribution is -2.33. The van der Waals surface area contributed by atoms with Crippen molar-refractivity contribution in [3.63, 3.8) is 0 Å². The average Bonchev–Trinajstić information content (AvgIpc) is 3.40. The van der Waals surface area contributed by atoms with Crippen molar-refractivity contribution in [2.45, 2.75) is 43.2 Å². The first-order valence-corrected chi connectivity index (χ1v) is 11.7. The molecule has 2 aromatic carbocycles. The predicted molar refractivity (Wildman–Crippen MR) is 122 cm³/mol. The summed E-state index contributed by atoms with van der Waals surface area (Å²) in [6.07, 6.45) is 6.40. The first-order valence-electron chi connectivity index (χ1n) is 10.7. The second kappa shape index (κ2) is 10.2. The number of benzene rings is 2. The van der Waals surface area contributed by atoms with E-state index >= 15 is 0 Å². The summed E-state index contributed by atoms with van der Waals surface area (Å²) in [5.41, 5.74) is 0.395. The molecule has 2 amide bonds. The Kier molecular flexibility index (Phi) is 7.09. The first-order chi connectivity index (χ1) is 15.5. The minimum atomic E-state index is -0.886. The molecule has 0 aliphatic heterocycles. The third kappa shape index (κ3) is 5.12. The molecule has 1 heterocycles. The lowest BCUT2D eigenvalue weighted by molar-refractivity contribution is -0.119. The van der Waals surface area contributed by atoms with Crippen LogP contribution < -0.4 is 10.6 Å². The number of carbonyl (C=O) groups is 2. The number of amides is 2. The number of halogens is 2. The summed E-state index contributed by atoms with van der Waals surface area (Å²) in [5.74, 6) is -2.17. The van der Waals surface area contributed by atoms with E-state index in [1.165, 1.54) is 30.7 Å². The summed E-state index contributed by atoms with van der Waals surface area (Å²) in [7, 11) is 0. The van der Waals surface area contributed by atoms with Crippen LogP contribution in [0.25, 0.3) is 10.9 Å². The summed E-state index contributed by atoms with van der Waals surface area (Å²) in [6, 6.07) is 11.5. The van der Waals surface area contributed by atoms with Crippen molar-refractivity contribution in [2.75, 3.05) is 12.3 Å². The van der Waals surface area contributed by atoms with Crippen molar-refractivity contribution in [3.8, 4) is 0 Å². The van der Waals surface area contributed by atoms with Gasteiger partial charge in [-0.1, -0.05) is 37.1 Å². The normalized spacial score (nSPS) is 14.1. The molecule has 1 saturated carbocycles. The molecule has 1 aliphatic carbocycles. The van der Waals surface area contributed by atoms with Crippen LogP contribution >= 0.6 is 11.8 Å². The molecule has 168 valence electrons. The van der Waals surface area contributed by atoms with E-state index in [0.29, 0.717) is 18.3 Å². The van der Waals surface area contributed by atoms with Crippen molar-refractivity contribution < 1.29 is 18.4 Å². The van der Waals surface area contributed by atoms with Crippen molar-refractivity contribution in [1.29, 1.82) is 0 Å². The summed E-state index contributed by atoms with van der Waals surface area (Å²) >= 11 is 1.48. The quantitative estimate of drug-likeness (QED) is 0.490. The zero-order valence-electron chi connectivity index (χ0n) is 17.6. The second-order valence-corrected chi connectivity index (χ2v) is 8.91. The molecule has 3 aromatic rings.